The van der Waals surface area contributed by atoms with Crippen molar-refractivity contribution in [3.05, 3.63) is 84.4 Å². The first kappa shape index (κ1) is 28.5. The molecule has 1 atom stereocenters. The number of likely N-dealkylation sites (N-methyl/N-ethyl adjacent to an activating group) is 1. The van der Waals surface area contributed by atoms with Crippen molar-refractivity contribution in [2.75, 3.05) is 32.1 Å². The van der Waals surface area contributed by atoms with E-state index in [0.717, 1.165) is 9.87 Å². The number of nitrogens with one attached hydrogen (secondary N) is 1. The van der Waals surface area contributed by atoms with E-state index in [0.29, 0.717) is 17.9 Å². The van der Waals surface area contributed by atoms with Gasteiger partial charge in [-0.15, -0.1) is 0 Å². The van der Waals surface area contributed by atoms with E-state index in [2.05, 4.69) is 5.32 Å². The number of hydrogen-bond donors (Lipinski definition) is 1. The first-order valence-electron chi connectivity index (χ1n) is 12.1. The molecule has 0 aliphatic carbocycles. The zero-order valence-corrected chi connectivity index (χ0v) is 22.8. The monoisotopic (exact) mass is 539 g/mol. The fraction of sp³-hybridized carbons (Fsp3) is 0.286. The highest BCUT2D eigenvalue weighted by molar-refractivity contribution is 7.92. The summed E-state index contributed by atoms with van der Waals surface area (Å²) in [5.74, 6) is 0.161. The van der Waals surface area contributed by atoms with Crippen LogP contribution in [0, 0.1) is 0 Å². The van der Waals surface area contributed by atoms with Crippen molar-refractivity contribution in [3.63, 3.8) is 0 Å². The van der Waals surface area contributed by atoms with Gasteiger partial charge >= 0.3 is 0 Å². The smallest absolute Gasteiger partial charge is 0.264 e. The molecule has 10 heteroatoms. The Morgan fingerprint density at radius 1 is 0.895 bits per heavy atom. The summed E-state index contributed by atoms with van der Waals surface area (Å²) in [7, 11) is 0.383. The molecule has 0 aliphatic heterocycles. The van der Waals surface area contributed by atoms with E-state index >= 15 is 0 Å². The second-order valence-electron chi connectivity index (χ2n) is 8.44. The van der Waals surface area contributed by atoms with Crippen LogP contribution in [0.2, 0.25) is 0 Å². The van der Waals surface area contributed by atoms with Crippen LogP contribution in [0.1, 0.15) is 18.9 Å². The Morgan fingerprint density at radius 2 is 1.53 bits per heavy atom. The number of methoxy groups -OCH3 is 2. The van der Waals surface area contributed by atoms with Crippen molar-refractivity contribution >= 4 is 27.5 Å². The highest BCUT2D eigenvalue weighted by Crippen LogP contribution is 2.28. The topological polar surface area (TPSA) is 105 Å². The standard InChI is InChI=1S/C28H33N3O6S/c1-5-26(28(33)29-2)30(19-21-11-9-13-23(17-21)36-3)27(32)20-31(22-12-10-14-24(18-22)37-4)38(34,35)25-15-7-6-8-16-25/h6-18,26H,5,19-20H2,1-4H3,(H,29,33)/t26-/m0/s1. The molecule has 0 heterocycles. The van der Waals surface area contributed by atoms with Crippen LogP contribution in [0.3, 0.4) is 0 Å². The lowest BCUT2D eigenvalue weighted by atomic mass is 10.1. The van der Waals surface area contributed by atoms with Gasteiger partial charge in [-0.1, -0.05) is 43.3 Å². The van der Waals surface area contributed by atoms with Gasteiger partial charge in [-0.3, -0.25) is 13.9 Å². The van der Waals surface area contributed by atoms with Gasteiger partial charge in [0.1, 0.15) is 24.1 Å². The fourth-order valence-electron chi connectivity index (χ4n) is 4.07. The minimum Gasteiger partial charge on any atom is -0.497 e. The maximum absolute atomic E-state index is 13.9. The number of carbonyl (C=O) groups is 2. The van der Waals surface area contributed by atoms with E-state index in [9.17, 15) is 18.0 Å². The van der Waals surface area contributed by atoms with Gasteiger partial charge in [0.2, 0.25) is 11.8 Å². The molecule has 0 unspecified atom stereocenters. The lowest BCUT2D eigenvalue weighted by Gasteiger charge is -2.33. The molecule has 0 saturated carbocycles. The van der Waals surface area contributed by atoms with Crippen LogP contribution < -0.4 is 19.1 Å². The van der Waals surface area contributed by atoms with Crippen LogP contribution in [-0.4, -0.2) is 59.0 Å². The molecule has 0 saturated heterocycles. The molecule has 0 spiro atoms. The summed E-state index contributed by atoms with van der Waals surface area (Å²) in [4.78, 5) is 28.1. The number of ether oxygens (including phenoxy) is 2. The first-order chi connectivity index (χ1) is 18.2. The third kappa shape index (κ3) is 6.63. The predicted molar refractivity (Wildman–Crippen MR) is 146 cm³/mol. The first-order valence-corrected chi connectivity index (χ1v) is 13.5. The van der Waals surface area contributed by atoms with Gasteiger partial charge in [-0.05, 0) is 48.4 Å². The largest absolute Gasteiger partial charge is 0.497 e. The normalized spacial score (nSPS) is 11.8. The second-order valence-corrected chi connectivity index (χ2v) is 10.3. The van der Waals surface area contributed by atoms with Gasteiger partial charge in [0.15, 0.2) is 0 Å². The Hall–Kier alpha value is -4.05. The SMILES string of the molecule is CC[C@@H](C(=O)NC)N(Cc1cccc(OC)c1)C(=O)CN(c1cccc(OC)c1)S(=O)(=O)c1ccccc1. The number of anilines is 1. The Kier molecular flexibility index (Phi) is 9.72. The van der Waals surface area contributed by atoms with Crippen LogP contribution in [0.25, 0.3) is 0 Å². The number of rotatable bonds is 12. The molecule has 0 radical (unpaired) electrons. The van der Waals surface area contributed by atoms with Crippen LogP contribution in [-0.2, 0) is 26.2 Å². The van der Waals surface area contributed by atoms with Crippen LogP contribution in [0.5, 0.6) is 11.5 Å². The van der Waals surface area contributed by atoms with E-state index in [1.165, 1.54) is 31.2 Å². The second kappa shape index (κ2) is 13.0. The van der Waals surface area contributed by atoms with Gasteiger partial charge in [0.25, 0.3) is 10.0 Å². The molecule has 3 rings (SSSR count). The van der Waals surface area contributed by atoms with Gasteiger partial charge in [0, 0.05) is 19.7 Å². The quantitative estimate of drug-likeness (QED) is 0.378. The van der Waals surface area contributed by atoms with E-state index in [4.69, 9.17) is 9.47 Å². The Morgan fingerprint density at radius 3 is 2.13 bits per heavy atom. The lowest BCUT2D eigenvalue weighted by Crippen LogP contribution is -2.51. The molecule has 1 N–H and O–H groups in total. The third-order valence-corrected chi connectivity index (χ3v) is 7.86. The summed E-state index contributed by atoms with van der Waals surface area (Å²) in [6.45, 7) is 1.35. The Bertz CT molecular complexity index is 1350. The van der Waals surface area contributed by atoms with Gasteiger partial charge in [-0.25, -0.2) is 8.42 Å². The summed E-state index contributed by atoms with van der Waals surface area (Å²) >= 11 is 0. The summed E-state index contributed by atoms with van der Waals surface area (Å²) in [6, 6.07) is 20.7. The van der Waals surface area contributed by atoms with Crippen LogP contribution in [0.15, 0.2) is 83.8 Å². The number of hydrogen-bond acceptors (Lipinski definition) is 6. The molecular formula is C28H33N3O6S. The molecule has 0 aliphatic rings. The van der Waals surface area contributed by atoms with Crippen molar-refractivity contribution in [2.45, 2.75) is 30.8 Å². The zero-order chi connectivity index (χ0) is 27.7. The predicted octanol–water partition coefficient (Wildman–Crippen LogP) is 3.45. The fourth-order valence-corrected chi connectivity index (χ4v) is 5.49. The van der Waals surface area contributed by atoms with E-state index in [-0.39, 0.29) is 23.0 Å². The van der Waals surface area contributed by atoms with Crippen LogP contribution in [0.4, 0.5) is 5.69 Å². The van der Waals surface area contributed by atoms with Crippen molar-refractivity contribution in [1.82, 2.24) is 10.2 Å². The molecular weight excluding hydrogens is 506 g/mol. The molecule has 0 bridgehead atoms. The van der Waals surface area contributed by atoms with E-state index in [1.54, 1.807) is 74.7 Å². The minimum atomic E-state index is -4.14. The molecule has 38 heavy (non-hydrogen) atoms. The molecule has 9 nitrogen and oxygen atoms in total. The highest BCUT2D eigenvalue weighted by atomic mass is 32.2. The zero-order valence-electron chi connectivity index (χ0n) is 22.0. The highest BCUT2D eigenvalue weighted by Gasteiger charge is 2.33. The molecule has 0 fully saturated rings. The van der Waals surface area contributed by atoms with E-state index < -0.39 is 28.5 Å². The maximum atomic E-state index is 13.9. The average molecular weight is 540 g/mol. The lowest BCUT2D eigenvalue weighted by molar-refractivity contribution is -0.140. The number of amides is 2. The van der Waals surface area contributed by atoms with Gasteiger partial charge < -0.3 is 19.7 Å². The minimum absolute atomic E-state index is 0.0355. The van der Waals surface area contributed by atoms with Crippen molar-refractivity contribution < 1.29 is 27.5 Å². The molecule has 0 aromatic heterocycles. The number of nitrogens with zero attached hydrogens (tertiary/aromatic N) is 2. The van der Waals surface area contributed by atoms with Crippen LogP contribution >= 0.6 is 0 Å². The van der Waals surface area contributed by atoms with Gasteiger partial charge in [0.05, 0.1) is 24.8 Å². The third-order valence-electron chi connectivity index (χ3n) is 6.07. The van der Waals surface area contributed by atoms with Crippen molar-refractivity contribution in [2.24, 2.45) is 0 Å². The van der Waals surface area contributed by atoms with Crippen molar-refractivity contribution in [1.29, 1.82) is 0 Å². The molecule has 3 aromatic rings. The molecule has 2 amide bonds. The summed E-state index contributed by atoms with van der Waals surface area (Å²) in [5.41, 5.74) is 0.995. The molecule has 202 valence electrons. The number of carbonyl (C=O) groups excluding carboxylic acids is 2. The Balaban J connectivity index is 2.07. The van der Waals surface area contributed by atoms with E-state index in [1.807, 2.05) is 6.07 Å². The Labute approximate surface area is 224 Å². The average Bonchev–Trinajstić information content (AvgIpc) is 2.95. The van der Waals surface area contributed by atoms with Gasteiger partial charge in [-0.2, -0.15) is 0 Å². The number of sulfonamides is 1. The number of benzene rings is 3. The summed E-state index contributed by atoms with van der Waals surface area (Å²) in [6.07, 6.45) is 0.333. The summed E-state index contributed by atoms with van der Waals surface area (Å²) in [5, 5.41) is 2.61. The summed E-state index contributed by atoms with van der Waals surface area (Å²) < 4.78 is 39.2. The maximum Gasteiger partial charge on any atom is 0.264 e. The molecule has 3 aromatic carbocycles. The van der Waals surface area contributed by atoms with Crippen molar-refractivity contribution in [3.8, 4) is 11.5 Å².